The molecule has 0 aliphatic heterocycles. The highest BCUT2D eigenvalue weighted by Crippen LogP contribution is 2.24. The molecule has 136 valence electrons. The Morgan fingerprint density at radius 1 is 0.957 bits per heavy atom. The maximum atomic E-state index is 11.1. The minimum atomic E-state index is -1.56. The first-order valence-corrected chi connectivity index (χ1v) is 15.4. The zero-order chi connectivity index (χ0) is 17.8. The van der Waals surface area contributed by atoms with Crippen LogP contribution in [0.3, 0.4) is 0 Å². The van der Waals surface area contributed by atoms with E-state index in [4.69, 9.17) is 8.85 Å². The summed E-state index contributed by atoms with van der Waals surface area (Å²) in [6.07, 6.45) is 7.48. The molecule has 0 N–H and O–H groups in total. The van der Waals surface area contributed by atoms with E-state index in [-0.39, 0.29) is 5.78 Å². The third kappa shape index (κ3) is 13.9. The van der Waals surface area contributed by atoms with Crippen molar-refractivity contribution in [2.24, 2.45) is 0 Å². The molecule has 0 saturated carbocycles. The van der Waals surface area contributed by atoms with Crippen molar-refractivity contribution in [1.82, 2.24) is 0 Å². The van der Waals surface area contributed by atoms with Gasteiger partial charge in [-0.3, -0.25) is 4.79 Å². The quantitative estimate of drug-likeness (QED) is 0.219. The second-order valence-electron chi connectivity index (χ2n) is 7.57. The molecule has 0 aliphatic carbocycles. The van der Waals surface area contributed by atoms with Crippen molar-refractivity contribution in [2.75, 3.05) is 13.2 Å². The molecular formula is C18H38O3Si2. The number of unbranched alkanes of at least 4 members (excludes halogenated alkanes) is 2. The third-order valence-corrected chi connectivity index (χ3v) is 11.5. The average Bonchev–Trinajstić information content (AvgIpc) is 2.46. The fraction of sp³-hybridized carbons (Fsp3) is 0.833. The molecule has 0 spiro atoms. The standard InChI is InChI=1S/C18H38O3Si2/c1-7-9-16-22(3,4)21-23(5,6)17-12-15-20-14-11-10-13-18(19)8-2/h8H,2,7,9-17H2,1,3-6H3. The predicted molar refractivity (Wildman–Crippen MR) is 105 cm³/mol. The van der Waals surface area contributed by atoms with Crippen molar-refractivity contribution in [2.45, 2.75) is 83.7 Å². The highest BCUT2D eigenvalue weighted by molar-refractivity contribution is 6.84. The van der Waals surface area contributed by atoms with Crippen molar-refractivity contribution in [3.05, 3.63) is 12.7 Å². The molecule has 0 aromatic heterocycles. The van der Waals surface area contributed by atoms with Gasteiger partial charge in [0.1, 0.15) is 0 Å². The fourth-order valence-electron chi connectivity index (χ4n) is 2.76. The minimum Gasteiger partial charge on any atom is -0.455 e. The van der Waals surface area contributed by atoms with Gasteiger partial charge in [0.05, 0.1) is 0 Å². The van der Waals surface area contributed by atoms with Crippen LogP contribution in [0.5, 0.6) is 0 Å². The molecule has 0 atom stereocenters. The maximum absolute atomic E-state index is 11.1. The Morgan fingerprint density at radius 3 is 2.09 bits per heavy atom. The summed E-state index contributed by atoms with van der Waals surface area (Å²) in [6, 6.07) is 2.45. The summed E-state index contributed by atoms with van der Waals surface area (Å²) < 4.78 is 12.3. The lowest BCUT2D eigenvalue weighted by atomic mass is 10.2. The zero-order valence-electron chi connectivity index (χ0n) is 16.1. The number of ether oxygens (including phenoxy) is 1. The number of hydrogen-bond donors (Lipinski definition) is 0. The number of carbonyl (C=O) groups is 1. The fourth-order valence-corrected chi connectivity index (χ4v) is 11.8. The van der Waals surface area contributed by atoms with E-state index in [0.29, 0.717) is 6.42 Å². The lowest BCUT2D eigenvalue weighted by molar-refractivity contribution is -0.114. The van der Waals surface area contributed by atoms with E-state index in [0.717, 1.165) is 32.5 Å². The first-order valence-electron chi connectivity index (χ1n) is 9.15. The van der Waals surface area contributed by atoms with Gasteiger partial charge in [-0.05, 0) is 63.6 Å². The normalized spacial score (nSPS) is 12.4. The van der Waals surface area contributed by atoms with E-state index in [1.54, 1.807) is 0 Å². The van der Waals surface area contributed by atoms with Crippen LogP contribution in [-0.4, -0.2) is 35.6 Å². The number of ketones is 1. The van der Waals surface area contributed by atoms with E-state index in [2.05, 4.69) is 39.7 Å². The van der Waals surface area contributed by atoms with E-state index in [1.807, 2.05) is 0 Å². The van der Waals surface area contributed by atoms with Crippen LogP contribution in [-0.2, 0) is 13.6 Å². The minimum absolute atomic E-state index is 0.129. The van der Waals surface area contributed by atoms with Gasteiger partial charge in [0.15, 0.2) is 22.4 Å². The van der Waals surface area contributed by atoms with Gasteiger partial charge in [-0.2, -0.15) is 0 Å². The molecule has 0 saturated heterocycles. The van der Waals surface area contributed by atoms with Gasteiger partial charge in [0.2, 0.25) is 0 Å². The Balaban J connectivity index is 3.73. The van der Waals surface area contributed by atoms with Crippen molar-refractivity contribution in [3.63, 3.8) is 0 Å². The smallest absolute Gasteiger partial charge is 0.173 e. The van der Waals surface area contributed by atoms with E-state index < -0.39 is 16.6 Å². The molecule has 0 amide bonds. The van der Waals surface area contributed by atoms with E-state index >= 15 is 0 Å². The van der Waals surface area contributed by atoms with Gasteiger partial charge < -0.3 is 8.85 Å². The molecule has 0 aliphatic rings. The summed E-state index contributed by atoms with van der Waals surface area (Å²) in [4.78, 5) is 11.1. The predicted octanol–water partition coefficient (Wildman–Crippen LogP) is 5.55. The highest BCUT2D eigenvalue weighted by atomic mass is 28.4. The van der Waals surface area contributed by atoms with Crippen molar-refractivity contribution in [3.8, 4) is 0 Å². The molecule has 0 radical (unpaired) electrons. The average molecular weight is 359 g/mol. The molecule has 23 heavy (non-hydrogen) atoms. The van der Waals surface area contributed by atoms with E-state index in [1.165, 1.54) is 31.0 Å². The number of rotatable bonds is 15. The Bertz CT molecular complexity index is 341. The molecule has 0 aromatic carbocycles. The maximum Gasteiger partial charge on any atom is 0.173 e. The van der Waals surface area contributed by atoms with Gasteiger partial charge in [0, 0.05) is 19.6 Å². The summed E-state index contributed by atoms with van der Waals surface area (Å²) in [5.74, 6) is 0.129. The number of carbonyl (C=O) groups excluding carboxylic acids is 1. The molecule has 0 unspecified atom stereocenters. The van der Waals surface area contributed by atoms with Gasteiger partial charge in [-0.1, -0.05) is 26.3 Å². The Morgan fingerprint density at radius 2 is 1.52 bits per heavy atom. The molecule has 0 heterocycles. The SMILES string of the molecule is C=CC(=O)CCCCOCCC[Si](C)(C)O[Si](C)(C)CCCC. The summed E-state index contributed by atoms with van der Waals surface area (Å²) in [7, 11) is -3.04. The summed E-state index contributed by atoms with van der Waals surface area (Å²) >= 11 is 0. The van der Waals surface area contributed by atoms with Crippen LogP contribution in [0.25, 0.3) is 0 Å². The zero-order valence-corrected chi connectivity index (χ0v) is 18.1. The second kappa shape index (κ2) is 12.2. The lowest BCUT2D eigenvalue weighted by Crippen LogP contribution is -2.44. The first-order chi connectivity index (χ1) is 10.7. The van der Waals surface area contributed by atoms with Crippen LogP contribution >= 0.6 is 0 Å². The molecule has 0 fully saturated rings. The van der Waals surface area contributed by atoms with Crippen molar-refractivity contribution >= 4 is 22.4 Å². The van der Waals surface area contributed by atoms with Crippen LogP contribution in [0.4, 0.5) is 0 Å². The Labute approximate surface area is 146 Å². The molecule has 3 nitrogen and oxygen atoms in total. The van der Waals surface area contributed by atoms with Crippen LogP contribution in [0.2, 0.25) is 38.3 Å². The summed E-state index contributed by atoms with van der Waals surface area (Å²) in [6.45, 7) is 16.7. The van der Waals surface area contributed by atoms with Crippen LogP contribution < -0.4 is 0 Å². The second-order valence-corrected chi connectivity index (χ2v) is 16.4. The molecule has 0 bridgehead atoms. The largest absolute Gasteiger partial charge is 0.455 e. The first kappa shape index (κ1) is 22.8. The van der Waals surface area contributed by atoms with Crippen LogP contribution in [0.15, 0.2) is 12.7 Å². The number of hydrogen-bond acceptors (Lipinski definition) is 3. The molecular weight excluding hydrogens is 320 g/mol. The molecule has 5 heteroatoms. The van der Waals surface area contributed by atoms with Gasteiger partial charge in [0.25, 0.3) is 0 Å². The molecule has 0 rings (SSSR count). The highest BCUT2D eigenvalue weighted by Gasteiger charge is 2.31. The van der Waals surface area contributed by atoms with Crippen LogP contribution in [0, 0.1) is 0 Å². The third-order valence-electron chi connectivity index (χ3n) is 3.94. The van der Waals surface area contributed by atoms with Gasteiger partial charge in [-0.25, -0.2) is 0 Å². The van der Waals surface area contributed by atoms with Crippen molar-refractivity contribution in [1.29, 1.82) is 0 Å². The topological polar surface area (TPSA) is 35.5 Å². The monoisotopic (exact) mass is 358 g/mol. The molecule has 0 aromatic rings. The summed E-state index contributed by atoms with van der Waals surface area (Å²) in [5.41, 5.74) is 0. The van der Waals surface area contributed by atoms with Crippen LogP contribution in [0.1, 0.15) is 45.4 Å². The Kier molecular flexibility index (Phi) is 12.0. The van der Waals surface area contributed by atoms with Gasteiger partial charge >= 0.3 is 0 Å². The Hall–Kier alpha value is -0.236. The number of allylic oxidation sites excluding steroid dienone is 1. The van der Waals surface area contributed by atoms with Gasteiger partial charge in [-0.15, -0.1) is 0 Å². The summed E-state index contributed by atoms with van der Waals surface area (Å²) in [5, 5.41) is 0. The lowest BCUT2D eigenvalue weighted by Gasteiger charge is -2.34. The van der Waals surface area contributed by atoms with Crippen molar-refractivity contribution < 1.29 is 13.6 Å². The van der Waals surface area contributed by atoms with E-state index in [9.17, 15) is 4.79 Å².